The van der Waals surface area contributed by atoms with Crippen molar-refractivity contribution >= 4 is 0 Å². The molecule has 2 heteroatoms. The fraction of sp³-hybridized carbons (Fsp3) is 0.818. The van der Waals surface area contributed by atoms with Crippen molar-refractivity contribution in [1.29, 1.82) is 0 Å². The zero-order valence-electron chi connectivity index (χ0n) is 15.5. The fourth-order valence-electron chi connectivity index (χ4n) is 5.32. The van der Waals surface area contributed by atoms with Gasteiger partial charge in [-0.25, -0.2) is 0 Å². The number of hydrogen-bond acceptors (Lipinski definition) is 0. The van der Waals surface area contributed by atoms with Crippen LogP contribution in [-0.4, -0.2) is 10.2 Å². The highest BCUT2D eigenvalue weighted by atomic mass is 15.3. The Morgan fingerprint density at radius 1 is 0.792 bits per heavy atom. The molecule has 0 saturated carbocycles. The molecular weight excluding hydrogens is 292 g/mol. The lowest BCUT2D eigenvalue weighted by Crippen LogP contribution is -2.49. The van der Waals surface area contributed by atoms with Crippen molar-refractivity contribution in [3.05, 3.63) is 29.5 Å². The smallest absolute Gasteiger partial charge is 0.166 e. The van der Waals surface area contributed by atoms with Gasteiger partial charge in [-0.3, -0.25) is 4.70 Å². The topological polar surface area (TPSA) is 25.3 Å². The van der Waals surface area contributed by atoms with E-state index < -0.39 is 0 Å². The Labute approximate surface area is 148 Å². The lowest BCUT2D eigenvalue weighted by Gasteiger charge is -2.43. The average molecular weight is 329 g/mol. The molecule has 2 heterocycles. The predicted octanol–water partition coefficient (Wildman–Crippen LogP) is 7.10. The average Bonchev–Trinajstić information content (AvgIpc) is 2.65. The first-order valence-electron chi connectivity index (χ1n) is 10.7. The van der Waals surface area contributed by atoms with Gasteiger partial charge in [-0.2, -0.15) is 0 Å². The molecule has 2 bridgehead atoms. The molecule has 0 radical (unpaired) electrons. The Bertz CT molecular complexity index is 476. The SMILES string of the molecule is [N-]=[N+]1/C2=C\CCCCCC1(C1CCC/C=C\CCCCC1)CCC2. The minimum Gasteiger partial charge on any atom is -0.500 e. The number of nitrogens with zero attached hydrogens (tertiary/aromatic N) is 2. The molecule has 0 aromatic heterocycles. The van der Waals surface area contributed by atoms with Gasteiger partial charge in [0.2, 0.25) is 0 Å². The monoisotopic (exact) mass is 328 g/mol. The molecule has 2 nitrogen and oxygen atoms in total. The molecule has 1 fully saturated rings. The molecule has 2 aliphatic heterocycles. The summed E-state index contributed by atoms with van der Waals surface area (Å²) in [5.41, 5.74) is 12.5. The Morgan fingerprint density at radius 3 is 2.42 bits per heavy atom. The third-order valence-corrected chi connectivity index (χ3v) is 6.70. The van der Waals surface area contributed by atoms with Gasteiger partial charge in [-0.05, 0) is 70.3 Å². The van der Waals surface area contributed by atoms with E-state index in [4.69, 9.17) is 0 Å². The summed E-state index contributed by atoms with van der Waals surface area (Å²) in [6.45, 7) is 0. The number of piperidine rings is 1. The van der Waals surface area contributed by atoms with Crippen LogP contribution in [0.4, 0.5) is 0 Å². The van der Waals surface area contributed by atoms with E-state index in [1.165, 1.54) is 95.6 Å². The predicted molar refractivity (Wildman–Crippen MR) is 101 cm³/mol. The van der Waals surface area contributed by atoms with Gasteiger partial charge >= 0.3 is 0 Å². The summed E-state index contributed by atoms with van der Waals surface area (Å²) in [4.78, 5) is 0. The minimum absolute atomic E-state index is 0.0339. The van der Waals surface area contributed by atoms with Gasteiger partial charge in [0.15, 0.2) is 11.2 Å². The third-order valence-electron chi connectivity index (χ3n) is 6.70. The normalized spacial score (nSPS) is 37.1. The Kier molecular flexibility index (Phi) is 6.68. The maximum absolute atomic E-state index is 11.2. The van der Waals surface area contributed by atoms with E-state index >= 15 is 0 Å². The summed E-state index contributed by atoms with van der Waals surface area (Å²) in [6.07, 6.45) is 27.3. The first-order valence-corrected chi connectivity index (χ1v) is 10.7. The summed E-state index contributed by atoms with van der Waals surface area (Å²) in [7, 11) is 0. The highest BCUT2D eigenvalue weighted by Crippen LogP contribution is 2.45. The van der Waals surface area contributed by atoms with E-state index in [0.29, 0.717) is 5.92 Å². The van der Waals surface area contributed by atoms with Crippen molar-refractivity contribution in [2.24, 2.45) is 5.92 Å². The Hall–Kier alpha value is -0.920. The van der Waals surface area contributed by atoms with E-state index in [1.54, 1.807) is 4.70 Å². The van der Waals surface area contributed by atoms with E-state index in [1.807, 2.05) is 0 Å². The number of allylic oxidation sites excluding steroid dienone is 4. The van der Waals surface area contributed by atoms with Gasteiger partial charge < -0.3 is 5.53 Å². The van der Waals surface area contributed by atoms with E-state index in [-0.39, 0.29) is 5.54 Å². The van der Waals surface area contributed by atoms with Crippen LogP contribution in [-0.2, 0) is 0 Å². The van der Waals surface area contributed by atoms with Crippen LogP contribution in [0, 0.1) is 5.92 Å². The fourth-order valence-corrected chi connectivity index (χ4v) is 5.32. The van der Waals surface area contributed by atoms with Crippen molar-refractivity contribution in [2.45, 2.75) is 108 Å². The molecule has 0 aromatic rings. The lowest BCUT2D eigenvalue weighted by molar-refractivity contribution is -0.609. The summed E-state index contributed by atoms with van der Waals surface area (Å²) >= 11 is 0. The van der Waals surface area contributed by atoms with Crippen molar-refractivity contribution in [3.63, 3.8) is 0 Å². The van der Waals surface area contributed by atoms with Crippen LogP contribution in [0.15, 0.2) is 23.9 Å². The van der Waals surface area contributed by atoms with Crippen molar-refractivity contribution in [2.75, 3.05) is 0 Å². The molecule has 3 aliphatic rings. The quantitative estimate of drug-likeness (QED) is 0.362. The molecule has 2 unspecified atom stereocenters. The van der Waals surface area contributed by atoms with Crippen molar-refractivity contribution < 1.29 is 4.70 Å². The summed E-state index contributed by atoms with van der Waals surface area (Å²) in [5, 5.41) is 0. The van der Waals surface area contributed by atoms with Crippen LogP contribution in [0.2, 0.25) is 0 Å². The zero-order chi connectivity index (χ0) is 16.7. The summed E-state index contributed by atoms with van der Waals surface area (Å²) < 4.78 is 1.79. The highest BCUT2D eigenvalue weighted by Gasteiger charge is 2.48. The second-order valence-corrected chi connectivity index (χ2v) is 8.30. The van der Waals surface area contributed by atoms with Crippen LogP contribution >= 0.6 is 0 Å². The zero-order valence-corrected chi connectivity index (χ0v) is 15.5. The van der Waals surface area contributed by atoms with Gasteiger partial charge in [-0.1, -0.05) is 31.4 Å². The van der Waals surface area contributed by atoms with Gasteiger partial charge in [0.05, 0.1) is 0 Å². The molecule has 1 aliphatic carbocycles. The van der Waals surface area contributed by atoms with Crippen LogP contribution in [0.1, 0.15) is 103 Å². The summed E-state index contributed by atoms with van der Waals surface area (Å²) in [6, 6.07) is 0. The lowest BCUT2D eigenvalue weighted by atomic mass is 9.69. The van der Waals surface area contributed by atoms with Gasteiger partial charge in [0.25, 0.3) is 0 Å². The molecule has 1 saturated heterocycles. The number of fused-ring (bicyclic) bond motifs is 2. The molecule has 0 spiro atoms. The molecule has 0 aromatic carbocycles. The van der Waals surface area contributed by atoms with Crippen LogP contribution in [0.3, 0.4) is 0 Å². The third kappa shape index (κ3) is 4.18. The van der Waals surface area contributed by atoms with Crippen LogP contribution in [0.25, 0.3) is 5.53 Å². The minimum atomic E-state index is 0.0339. The van der Waals surface area contributed by atoms with Gasteiger partial charge in [0, 0.05) is 25.2 Å². The molecule has 3 rings (SSSR count). The second-order valence-electron chi connectivity index (χ2n) is 8.30. The molecule has 24 heavy (non-hydrogen) atoms. The summed E-state index contributed by atoms with van der Waals surface area (Å²) in [5.74, 6) is 0.663. The standard InChI is InChI=1S/C22H36N2/c23-24-21-16-11-7-8-12-18-22(24,19-13-17-21)20-14-9-5-3-1-2-4-6-10-15-20/h1,3,16,20H,2,4-15,17-19H2/b3-1-,21-16-. The highest BCUT2D eigenvalue weighted by molar-refractivity contribution is 5.02. The second kappa shape index (κ2) is 8.97. The maximum atomic E-state index is 11.2. The molecule has 0 N–H and O–H groups in total. The van der Waals surface area contributed by atoms with Crippen molar-refractivity contribution in [1.82, 2.24) is 0 Å². The largest absolute Gasteiger partial charge is 0.500 e. The molecular formula is C22H36N2. The molecule has 2 atom stereocenters. The first-order chi connectivity index (χ1) is 11.8. The first kappa shape index (κ1) is 17.9. The van der Waals surface area contributed by atoms with E-state index in [9.17, 15) is 5.53 Å². The van der Waals surface area contributed by atoms with Gasteiger partial charge in [-0.15, -0.1) is 0 Å². The van der Waals surface area contributed by atoms with E-state index in [2.05, 4.69) is 18.2 Å². The Balaban J connectivity index is 1.82. The van der Waals surface area contributed by atoms with E-state index in [0.717, 1.165) is 12.8 Å². The Morgan fingerprint density at radius 2 is 1.50 bits per heavy atom. The van der Waals surface area contributed by atoms with Gasteiger partial charge in [0.1, 0.15) is 0 Å². The maximum Gasteiger partial charge on any atom is 0.166 e. The van der Waals surface area contributed by atoms with Crippen molar-refractivity contribution in [3.8, 4) is 0 Å². The molecule has 134 valence electrons. The number of hydrogen-bond donors (Lipinski definition) is 0. The molecule has 0 amide bonds. The van der Waals surface area contributed by atoms with Crippen LogP contribution in [0.5, 0.6) is 0 Å². The van der Waals surface area contributed by atoms with Crippen LogP contribution < -0.4 is 0 Å². The number of rotatable bonds is 1.